The topological polar surface area (TPSA) is 84.3 Å². The minimum atomic E-state index is -4.54. The molecule has 2 N–H and O–H groups in total. The average molecular weight is 279 g/mol. The number of carboxylic acids is 1. The van der Waals surface area contributed by atoms with Gasteiger partial charge < -0.3 is 15.2 Å². The molecule has 1 heterocycles. The van der Waals surface area contributed by atoms with Crippen molar-refractivity contribution in [1.29, 1.82) is 0 Å². The summed E-state index contributed by atoms with van der Waals surface area (Å²) in [7, 11) is 1.34. The van der Waals surface area contributed by atoms with Gasteiger partial charge in [-0.3, -0.25) is 4.79 Å². The molecule has 1 unspecified atom stereocenters. The van der Waals surface area contributed by atoms with Crippen LogP contribution in [0.4, 0.5) is 19.0 Å². The average Bonchev–Trinajstić information content (AvgIpc) is 2.33. The number of aromatic nitrogens is 2. The molecule has 106 valence electrons. The number of hydrogen-bond acceptors (Lipinski definition) is 5. The second kappa shape index (κ2) is 6.32. The lowest BCUT2D eigenvalue weighted by molar-refractivity contribution is -0.142. The van der Waals surface area contributed by atoms with Gasteiger partial charge in [-0.1, -0.05) is 0 Å². The molecular weight excluding hydrogens is 267 g/mol. The molecule has 0 radical (unpaired) electrons. The van der Waals surface area contributed by atoms with E-state index < -0.39 is 23.9 Å². The number of halogens is 3. The molecule has 19 heavy (non-hydrogen) atoms. The van der Waals surface area contributed by atoms with Crippen LogP contribution < -0.4 is 5.32 Å². The van der Waals surface area contributed by atoms with E-state index in [4.69, 9.17) is 9.84 Å². The van der Waals surface area contributed by atoms with E-state index in [0.29, 0.717) is 0 Å². The van der Waals surface area contributed by atoms with Crippen LogP contribution in [0.1, 0.15) is 12.1 Å². The van der Waals surface area contributed by atoms with Crippen molar-refractivity contribution < 1.29 is 27.8 Å². The number of methoxy groups -OCH3 is 1. The van der Waals surface area contributed by atoms with Crippen LogP contribution in [-0.4, -0.2) is 41.0 Å². The number of ether oxygens (including phenoxy) is 1. The van der Waals surface area contributed by atoms with E-state index in [9.17, 15) is 18.0 Å². The zero-order chi connectivity index (χ0) is 14.5. The normalized spacial score (nSPS) is 13.1. The molecule has 0 aromatic carbocycles. The summed E-state index contributed by atoms with van der Waals surface area (Å²) in [6, 6.07) is 1.90. The van der Waals surface area contributed by atoms with Crippen LogP contribution in [0, 0.1) is 0 Å². The lowest BCUT2D eigenvalue weighted by Crippen LogP contribution is -2.25. The van der Waals surface area contributed by atoms with Crippen LogP contribution >= 0.6 is 0 Å². The standard InChI is InChI=1S/C10H12F3N3O3/c1-19-6(4-9(17)18)5-14-8-3-2-7(15-16-8)10(11,12)13/h2-3,6H,4-5H2,1H3,(H,14,16)(H,17,18). The third-order valence-electron chi connectivity index (χ3n) is 2.20. The maximum absolute atomic E-state index is 12.2. The Kier molecular flexibility index (Phi) is 5.04. The van der Waals surface area contributed by atoms with Crippen LogP contribution in [0.5, 0.6) is 0 Å². The summed E-state index contributed by atoms with van der Waals surface area (Å²) >= 11 is 0. The summed E-state index contributed by atoms with van der Waals surface area (Å²) in [6.07, 6.45) is -5.37. The molecule has 0 spiro atoms. The lowest BCUT2D eigenvalue weighted by atomic mass is 10.2. The maximum atomic E-state index is 12.2. The second-order valence-corrected chi connectivity index (χ2v) is 3.64. The number of carbonyl (C=O) groups is 1. The quantitative estimate of drug-likeness (QED) is 0.818. The predicted molar refractivity (Wildman–Crippen MR) is 58.6 cm³/mol. The van der Waals surface area contributed by atoms with E-state index >= 15 is 0 Å². The Morgan fingerprint density at radius 3 is 2.58 bits per heavy atom. The first-order chi connectivity index (χ1) is 8.82. The summed E-state index contributed by atoms with van der Waals surface area (Å²) in [5, 5.41) is 17.6. The van der Waals surface area contributed by atoms with Crippen molar-refractivity contribution in [2.45, 2.75) is 18.7 Å². The minimum Gasteiger partial charge on any atom is -0.481 e. The minimum absolute atomic E-state index is 0.100. The fraction of sp³-hybridized carbons (Fsp3) is 0.500. The first-order valence-electron chi connectivity index (χ1n) is 5.22. The van der Waals surface area contributed by atoms with Gasteiger partial charge >= 0.3 is 12.1 Å². The molecule has 0 saturated heterocycles. The summed E-state index contributed by atoms with van der Waals surface area (Å²) in [4.78, 5) is 10.5. The van der Waals surface area contributed by atoms with Gasteiger partial charge in [0, 0.05) is 13.7 Å². The second-order valence-electron chi connectivity index (χ2n) is 3.64. The van der Waals surface area contributed by atoms with Gasteiger partial charge in [-0.15, -0.1) is 10.2 Å². The number of rotatable bonds is 6. The third kappa shape index (κ3) is 5.08. The van der Waals surface area contributed by atoms with Crippen molar-refractivity contribution in [3.8, 4) is 0 Å². The van der Waals surface area contributed by atoms with Crippen molar-refractivity contribution in [1.82, 2.24) is 10.2 Å². The van der Waals surface area contributed by atoms with Crippen LogP contribution in [0.15, 0.2) is 12.1 Å². The molecule has 0 aliphatic rings. The molecule has 1 atom stereocenters. The highest BCUT2D eigenvalue weighted by Gasteiger charge is 2.32. The summed E-state index contributed by atoms with van der Waals surface area (Å²) in [6.45, 7) is 0.100. The van der Waals surface area contributed by atoms with E-state index in [1.165, 1.54) is 7.11 Å². The summed E-state index contributed by atoms with van der Waals surface area (Å²) in [5.74, 6) is -0.924. The predicted octanol–water partition coefficient (Wildman–Crippen LogP) is 1.40. The molecule has 1 aromatic rings. The monoisotopic (exact) mass is 279 g/mol. The molecule has 0 bridgehead atoms. The number of nitrogens with one attached hydrogen (secondary N) is 1. The Balaban J connectivity index is 2.56. The van der Waals surface area contributed by atoms with Gasteiger partial charge in [0.25, 0.3) is 0 Å². The number of carboxylic acid groups (broad SMARTS) is 1. The van der Waals surface area contributed by atoms with Gasteiger partial charge in [-0.05, 0) is 12.1 Å². The van der Waals surface area contributed by atoms with E-state index in [-0.39, 0.29) is 18.8 Å². The molecule has 0 aliphatic carbocycles. The lowest BCUT2D eigenvalue weighted by Gasteiger charge is -2.14. The Bertz CT molecular complexity index is 422. The fourth-order valence-electron chi connectivity index (χ4n) is 1.23. The fourth-order valence-corrected chi connectivity index (χ4v) is 1.23. The van der Waals surface area contributed by atoms with E-state index in [1.54, 1.807) is 0 Å². The van der Waals surface area contributed by atoms with Gasteiger partial charge in [0.15, 0.2) is 5.69 Å². The highest BCUT2D eigenvalue weighted by atomic mass is 19.4. The molecule has 9 heteroatoms. The van der Waals surface area contributed by atoms with E-state index in [0.717, 1.165) is 12.1 Å². The third-order valence-corrected chi connectivity index (χ3v) is 2.20. The van der Waals surface area contributed by atoms with Crippen LogP contribution in [-0.2, 0) is 15.7 Å². The van der Waals surface area contributed by atoms with Crippen molar-refractivity contribution in [3.63, 3.8) is 0 Å². The van der Waals surface area contributed by atoms with Gasteiger partial charge in [0.2, 0.25) is 0 Å². The summed E-state index contributed by atoms with van der Waals surface area (Å²) < 4.78 is 41.6. The number of nitrogens with zero attached hydrogens (tertiary/aromatic N) is 2. The SMILES string of the molecule is COC(CNc1ccc(C(F)(F)F)nn1)CC(=O)O. The molecule has 0 amide bonds. The van der Waals surface area contributed by atoms with Crippen molar-refractivity contribution in [2.24, 2.45) is 0 Å². The number of hydrogen-bond donors (Lipinski definition) is 2. The Hall–Kier alpha value is -1.90. The molecule has 1 aromatic heterocycles. The van der Waals surface area contributed by atoms with Gasteiger partial charge in [-0.2, -0.15) is 13.2 Å². The van der Waals surface area contributed by atoms with Crippen molar-refractivity contribution in [3.05, 3.63) is 17.8 Å². The molecule has 6 nitrogen and oxygen atoms in total. The molecule has 0 fully saturated rings. The largest absolute Gasteiger partial charge is 0.481 e. The zero-order valence-electron chi connectivity index (χ0n) is 9.94. The zero-order valence-corrected chi connectivity index (χ0v) is 9.94. The number of alkyl halides is 3. The van der Waals surface area contributed by atoms with Gasteiger partial charge in [-0.25, -0.2) is 0 Å². The maximum Gasteiger partial charge on any atom is 0.435 e. The van der Waals surface area contributed by atoms with Crippen LogP contribution in [0.2, 0.25) is 0 Å². The van der Waals surface area contributed by atoms with Crippen LogP contribution in [0.3, 0.4) is 0 Å². The molecule has 1 rings (SSSR count). The number of aliphatic carboxylic acids is 1. The van der Waals surface area contributed by atoms with Gasteiger partial charge in [0.1, 0.15) is 5.82 Å². The van der Waals surface area contributed by atoms with Gasteiger partial charge in [0.05, 0.1) is 12.5 Å². The highest BCUT2D eigenvalue weighted by Crippen LogP contribution is 2.27. The van der Waals surface area contributed by atoms with Crippen LogP contribution in [0.25, 0.3) is 0 Å². The number of anilines is 1. The molecule has 0 saturated carbocycles. The highest BCUT2D eigenvalue weighted by molar-refractivity contribution is 5.67. The Morgan fingerprint density at radius 1 is 1.47 bits per heavy atom. The van der Waals surface area contributed by atoms with E-state index in [2.05, 4.69) is 15.5 Å². The molecular formula is C10H12F3N3O3. The first kappa shape index (κ1) is 15.2. The first-order valence-corrected chi connectivity index (χ1v) is 5.22. The molecule has 0 aliphatic heterocycles. The van der Waals surface area contributed by atoms with E-state index in [1.807, 2.05) is 0 Å². The Labute approximate surface area is 106 Å². The Morgan fingerprint density at radius 2 is 2.16 bits per heavy atom. The van der Waals surface area contributed by atoms with Crippen molar-refractivity contribution >= 4 is 11.8 Å². The smallest absolute Gasteiger partial charge is 0.435 e. The van der Waals surface area contributed by atoms with Crippen molar-refractivity contribution in [2.75, 3.05) is 19.0 Å². The summed E-state index contributed by atoms with van der Waals surface area (Å²) in [5.41, 5.74) is -1.09.